The van der Waals surface area contributed by atoms with Crippen molar-refractivity contribution in [3.8, 4) is 0 Å². The van der Waals surface area contributed by atoms with Gasteiger partial charge in [-0.3, -0.25) is 9.59 Å². The van der Waals surface area contributed by atoms with Crippen molar-refractivity contribution in [2.24, 2.45) is 17.8 Å². The van der Waals surface area contributed by atoms with Crippen LogP contribution < -0.4 is 5.32 Å². The third-order valence-corrected chi connectivity index (χ3v) is 4.03. The summed E-state index contributed by atoms with van der Waals surface area (Å²) in [5.74, 6) is -0.610. The van der Waals surface area contributed by atoms with Crippen LogP contribution in [0.3, 0.4) is 0 Å². The van der Waals surface area contributed by atoms with Crippen LogP contribution in [0.4, 0.5) is 0 Å². The maximum absolute atomic E-state index is 11.9. The van der Waals surface area contributed by atoms with E-state index in [-0.39, 0.29) is 17.7 Å². The lowest BCUT2D eigenvalue weighted by atomic mass is 10.0. The van der Waals surface area contributed by atoms with Gasteiger partial charge in [-0.1, -0.05) is 0 Å². The van der Waals surface area contributed by atoms with Gasteiger partial charge in [0.25, 0.3) is 0 Å². The highest BCUT2D eigenvalue weighted by molar-refractivity contribution is 5.80. The summed E-state index contributed by atoms with van der Waals surface area (Å²) in [6.07, 6.45) is 3.87. The van der Waals surface area contributed by atoms with Gasteiger partial charge in [-0.05, 0) is 38.0 Å². The Labute approximate surface area is 107 Å². The number of aliphatic carboxylic acids is 1. The highest BCUT2D eigenvalue weighted by Gasteiger charge is 2.33. The molecule has 0 bridgehead atoms. The fraction of sp³-hybridized carbons (Fsp3) is 0.846. The van der Waals surface area contributed by atoms with Gasteiger partial charge in [-0.25, -0.2) is 0 Å². The minimum absolute atomic E-state index is 0.0256. The van der Waals surface area contributed by atoms with Gasteiger partial charge >= 0.3 is 5.97 Å². The van der Waals surface area contributed by atoms with Gasteiger partial charge in [-0.2, -0.15) is 0 Å². The van der Waals surface area contributed by atoms with Crippen LogP contribution in [0.25, 0.3) is 0 Å². The van der Waals surface area contributed by atoms with Crippen molar-refractivity contribution >= 4 is 11.9 Å². The van der Waals surface area contributed by atoms with E-state index in [2.05, 4.69) is 5.32 Å². The van der Waals surface area contributed by atoms with Crippen molar-refractivity contribution in [3.63, 3.8) is 0 Å². The standard InChI is InChI=1S/C13H21NO4/c15-12(10-1-2-11(7-10)13(16)17)14-5-3-9-4-6-18-8-9/h9-11H,1-8H2,(H,14,15)(H,16,17). The molecule has 1 amide bonds. The topological polar surface area (TPSA) is 75.6 Å². The molecule has 0 radical (unpaired) electrons. The minimum atomic E-state index is -0.770. The average Bonchev–Trinajstić information content (AvgIpc) is 2.99. The monoisotopic (exact) mass is 255 g/mol. The molecule has 1 saturated heterocycles. The molecule has 5 nitrogen and oxygen atoms in total. The predicted octanol–water partition coefficient (Wildman–Crippen LogP) is 1.03. The molecule has 2 N–H and O–H groups in total. The van der Waals surface area contributed by atoms with Gasteiger partial charge in [0.1, 0.15) is 0 Å². The zero-order chi connectivity index (χ0) is 13.0. The van der Waals surface area contributed by atoms with Crippen LogP contribution in [0, 0.1) is 17.8 Å². The quantitative estimate of drug-likeness (QED) is 0.769. The lowest BCUT2D eigenvalue weighted by Crippen LogP contribution is -2.31. The van der Waals surface area contributed by atoms with Crippen LogP contribution >= 0.6 is 0 Å². The Morgan fingerprint density at radius 1 is 1.22 bits per heavy atom. The Balaban J connectivity index is 1.64. The molecule has 0 aromatic rings. The van der Waals surface area contributed by atoms with E-state index in [9.17, 15) is 9.59 Å². The zero-order valence-corrected chi connectivity index (χ0v) is 10.6. The van der Waals surface area contributed by atoms with Crippen molar-refractivity contribution in [2.45, 2.75) is 32.1 Å². The fourth-order valence-corrected chi connectivity index (χ4v) is 2.80. The summed E-state index contributed by atoms with van der Waals surface area (Å²) in [5.41, 5.74) is 0. The Kier molecular flexibility index (Phi) is 4.58. The molecule has 1 aliphatic carbocycles. The lowest BCUT2D eigenvalue weighted by Gasteiger charge is -2.12. The smallest absolute Gasteiger partial charge is 0.306 e. The molecule has 18 heavy (non-hydrogen) atoms. The molecule has 3 unspecified atom stereocenters. The van der Waals surface area contributed by atoms with Crippen molar-refractivity contribution in [2.75, 3.05) is 19.8 Å². The first-order chi connectivity index (χ1) is 8.66. The van der Waals surface area contributed by atoms with Gasteiger partial charge < -0.3 is 15.2 Å². The lowest BCUT2D eigenvalue weighted by molar-refractivity contribution is -0.141. The normalized spacial score (nSPS) is 31.4. The molecule has 102 valence electrons. The molecule has 1 aliphatic heterocycles. The summed E-state index contributed by atoms with van der Waals surface area (Å²) in [5, 5.41) is 11.8. The second-order valence-corrected chi connectivity index (χ2v) is 5.35. The Hall–Kier alpha value is -1.10. The van der Waals surface area contributed by atoms with Crippen molar-refractivity contribution in [1.82, 2.24) is 5.32 Å². The van der Waals surface area contributed by atoms with Gasteiger partial charge in [0.2, 0.25) is 5.91 Å². The van der Waals surface area contributed by atoms with Gasteiger partial charge in [0.15, 0.2) is 0 Å². The molecule has 1 heterocycles. The molecular weight excluding hydrogens is 234 g/mol. The number of hydrogen-bond acceptors (Lipinski definition) is 3. The van der Waals surface area contributed by atoms with E-state index in [1.165, 1.54) is 0 Å². The molecule has 0 aromatic carbocycles. The number of carbonyl (C=O) groups excluding carboxylic acids is 1. The summed E-state index contributed by atoms with van der Waals surface area (Å²) in [6.45, 7) is 2.32. The maximum Gasteiger partial charge on any atom is 0.306 e. The Morgan fingerprint density at radius 2 is 2.00 bits per heavy atom. The first kappa shape index (κ1) is 13.3. The van der Waals surface area contributed by atoms with Crippen LogP contribution in [0.5, 0.6) is 0 Å². The molecule has 2 rings (SSSR count). The highest BCUT2D eigenvalue weighted by atomic mass is 16.5. The second-order valence-electron chi connectivity index (χ2n) is 5.35. The van der Waals surface area contributed by atoms with E-state index in [1.807, 2.05) is 0 Å². The maximum atomic E-state index is 11.9. The van der Waals surface area contributed by atoms with E-state index in [4.69, 9.17) is 9.84 Å². The van der Waals surface area contributed by atoms with Crippen molar-refractivity contribution in [1.29, 1.82) is 0 Å². The number of amides is 1. The molecule has 0 aromatic heterocycles. The molecular formula is C13H21NO4. The van der Waals surface area contributed by atoms with Crippen LogP contribution in [-0.2, 0) is 14.3 Å². The van der Waals surface area contributed by atoms with Crippen LogP contribution in [0.15, 0.2) is 0 Å². The van der Waals surface area contributed by atoms with E-state index in [1.54, 1.807) is 0 Å². The molecule has 2 fully saturated rings. The number of hydrogen-bond donors (Lipinski definition) is 2. The summed E-state index contributed by atoms with van der Waals surface area (Å²) >= 11 is 0. The number of nitrogens with one attached hydrogen (secondary N) is 1. The van der Waals surface area contributed by atoms with E-state index in [0.29, 0.717) is 31.7 Å². The van der Waals surface area contributed by atoms with Crippen LogP contribution in [-0.4, -0.2) is 36.7 Å². The highest BCUT2D eigenvalue weighted by Crippen LogP contribution is 2.31. The van der Waals surface area contributed by atoms with Gasteiger partial charge in [-0.15, -0.1) is 0 Å². The van der Waals surface area contributed by atoms with Crippen molar-refractivity contribution in [3.05, 3.63) is 0 Å². The largest absolute Gasteiger partial charge is 0.481 e. The number of carbonyl (C=O) groups is 2. The number of ether oxygens (including phenoxy) is 1. The molecule has 0 spiro atoms. The summed E-state index contributed by atoms with van der Waals surface area (Å²) in [7, 11) is 0. The van der Waals surface area contributed by atoms with Gasteiger partial charge in [0.05, 0.1) is 5.92 Å². The zero-order valence-electron chi connectivity index (χ0n) is 10.6. The SMILES string of the molecule is O=C(O)C1CCC(C(=O)NCCC2CCOC2)C1. The molecule has 2 aliphatic rings. The molecule has 1 saturated carbocycles. The third kappa shape index (κ3) is 3.45. The number of rotatable bonds is 5. The Morgan fingerprint density at radius 3 is 2.61 bits per heavy atom. The third-order valence-electron chi connectivity index (χ3n) is 4.03. The first-order valence-corrected chi connectivity index (χ1v) is 6.75. The molecule has 5 heteroatoms. The summed E-state index contributed by atoms with van der Waals surface area (Å²) in [6, 6.07) is 0. The second kappa shape index (κ2) is 6.18. The van der Waals surface area contributed by atoms with Crippen LogP contribution in [0.1, 0.15) is 32.1 Å². The number of carboxylic acid groups (broad SMARTS) is 1. The van der Waals surface area contributed by atoms with E-state index in [0.717, 1.165) is 26.1 Å². The Bertz CT molecular complexity index is 312. The average molecular weight is 255 g/mol. The van der Waals surface area contributed by atoms with Gasteiger partial charge in [0, 0.05) is 25.7 Å². The van der Waals surface area contributed by atoms with E-state index >= 15 is 0 Å². The van der Waals surface area contributed by atoms with Crippen molar-refractivity contribution < 1.29 is 19.4 Å². The number of carboxylic acids is 1. The first-order valence-electron chi connectivity index (χ1n) is 6.75. The summed E-state index contributed by atoms with van der Waals surface area (Å²) in [4.78, 5) is 22.7. The summed E-state index contributed by atoms with van der Waals surface area (Å²) < 4.78 is 5.28. The predicted molar refractivity (Wildman–Crippen MR) is 65.0 cm³/mol. The fourth-order valence-electron chi connectivity index (χ4n) is 2.80. The minimum Gasteiger partial charge on any atom is -0.481 e. The van der Waals surface area contributed by atoms with Crippen LogP contribution in [0.2, 0.25) is 0 Å². The van der Waals surface area contributed by atoms with E-state index < -0.39 is 5.97 Å². The molecule has 3 atom stereocenters.